The van der Waals surface area contributed by atoms with Crippen LogP contribution < -0.4 is 14.4 Å². The van der Waals surface area contributed by atoms with Gasteiger partial charge in [0.15, 0.2) is 17.1 Å². The largest absolute Gasteiger partial charge is 0.497 e. The maximum Gasteiger partial charge on any atom is 0.237 e. The normalized spacial score (nSPS) is 11.7. The van der Waals surface area contributed by atoms with Crippen molar-refractivity contribution in [3.05, 3.63) is 60.4 Å². The summed E-state index contributed by atoms with van der Waals surface area (Å²) < 4.78 is 13.2. The van der Waals surface area contributed by atoms with E-state index >= 15 is 0 Å². The molecule has 0 aliphatic rings. The summed E-state index contributed by atoms with van der Waals surface area (Å²) >= 11 is 1.38. The SMILES string of the molecule is CCn1c(SCC(=O)N(C)c2ccccc2)nnc1C(C)Oc1ccc(OC)cc1. The number of thioether (sulfide) groups is 1. The molecule has 0 aliphatic heterocycles. The highest BCUT2D eigenvalue weighted by Gasteiger charge is 2.20. The van der Waals surface area contributed by atoms with Crippen molar-refractivity contribution in [3.63, 3.8) is 0 Å². The molecule has 0 radical (unpaired) electrons. The van der Waals surface area contributed by atoms with Gasteiger partial charge < -0.3 is 18.9 Å². The van der Waals surface area contributed by atoms with Gasteiger partial charge in [0.1, 0.15) is 11.5 Å². The summed E-state index contributed by atoms with van der Waals surface area (Å²) in [5.41, 5.74) is 0.863. The van der Waals surface area contributed by atoms with Crippen LogP contribution in [-0.2, 0) is 11.3 Å². The van der Waals surface area contributed by atoms with Gasteiger partial charge in [0, 0.05) is 19.3 Å². The highest BCUT2D eigenvalue weighted by atomic mass is 32.2. The van der Waals surface area contributed by atoms with E-state index in [0.717, 1.165) is 23.0 Å². The molecule has 3 rings (SSSR count). The molecule has 2 aromatic carbocycles. The Balaban J connectivity index is 1.65. The maximum absolute atomic E-state index is 12.6. The van der Waals surface area contributed by atoms with Gasteiger partial charge in [-0.25, -0.2) is 0 Å². The lowest BCUT2D eigenvalue weighted by molar-refractivity contribution is -0.115. The van der Waals surface area contributed by atoms with Crippen molar-refractivity contribution < 1.29 is 14.3 Å². The number of rotatable bonds is 9. The maximum atomic E-state index is 12.6. The molecule has 0 fully saturated rings. The molecule has 0 spiro atoms. The minimum Gasteiger partial charge on any atom is -0.497 e. The number of para-hydroxylation sites is 1. The number of benzene rings is 2. The van der Waals surface area contributed by atoms with Crippen molar-refractivity contribution >= 4 is 23.4 Å². The zero-order valence-electron chi connectivity index (χ0n) is 17.6. The predicted molar refractivity (Wildman–Crippen MR) is 118 cm³/mol. The molecule has 0 aliphatic carbocycles. The molecule has 1 heterocycles. The Kier molecular flexibility index (Phi) is 7.35. The lowest BCUT2D eigenvalue weighted by atomic mass is 10.3. The predicted octanol–water partition coefficient (Wildman–Crippen LogP) is 4.20. The summed E-state index contributed by atoms with van der Waals surface area (Å²) in [5, 5.41) is 9.30. The van der Waals surface area contributed by atoms with Crippen LogP contribution in [0.5, 0.6) is 11.5 Å². The first-order valence-electron chi connectivity index (χ1n) is 9.71. The molecular formula is C22H26N4O3S. The highest BCUT2D eigenvalue weighted by Crippen LogP contribution is 2.26. The molecule has 3 aromatic rings. The number of hydrogen-bond donors (Lipinski definition) is 0. The van der Waals surface area contributed by atoms with Crippen LogP contribution in [0.3, 0.4) is 0 Å². The molecule has 158 valence electrons. The number of nitrogens with zero attached hydrogens (tertiary/aromatic N) is 4. The number of anilines is 1. The van der Waals surface area contributed by atoms with Gasteiger partial charge in [-0.3, -0.25) is 4.79 Å². The third-order valence-electron chi connectivity index (χ3n) is 4.64. The molecule has 8 heteroatoms. The summed E-state index contributed by atoms with van der Waals surface area (Å²) in [6, 6.07) is 17.0. The Morgan fingerprint density at radius 2 is 1.77 bits per heavy atom. The van der Waals surface area contributed by atoms with Crippen molar-refractivity contribution in [1.29, 1.82) is 0 Å². The summed E-state index contributed by atoms with van der Waals surface area (Å²) in [6.45, 7) is 4.64. The fourth-order valence-corrected chi connectivity index (χ4v) is 3.86. The first-order chi connectivity index (χ1) is 14.5. The lowest BCUT2D eigenvalue weighted by Crippen LogP contribution is -2.28. The van der Waals surface area contributed by atoms with Gasteiger partial charge in [-0.1, -0.05) is 30.0 Å². The van der Waals surface area contributed by atoms with Gasteiger partial charge in [-0.2, -0.15) is 0 Å². The van der Waals surface area contributed by atoms with Gasteiger partial charge in [-0.05, 0) is 50.2 Å². The van der Waals surface area contributed by atoms with E-state index in [-0.39, 0.29) is 17.8 Å². The van der Waals surface area contributed by atoms with E-state index in [1.165, 1.54) is 11.8 Å². The van der Waals surface area contributed by atoms with Gasteiger partial charge in [0.05, 0.1) is 12.9 Å². The van der Waals surface area contributed by atoms with E-state index in [2.05, 4.69) is 10.2 Å². The Morgan fingerprint density at radius 3 is 2.40 bits per heavy atom. The van der Waals surface area contributed by atoms with E-state index in [9.17, 15) is 4.79 Å². The number of aromatic nitrogens is 3. The molecule has 1 aromatic heterocycles. The molecule has 0 saturated carbocycles. The first kappa shape index (κ1) is 21.7. The molecular weight excluding hydrogens is 400 g/mol. The fourth-order valence-electron chi connectivity index (χ4n) is 2.93. The smallest absolute Gasteiger partial charge is 0.237 e. The second kappa shape index (κ2) is 10.2. The number of methoxy groups -OCH3 is 1. The monoisotopic (exact) mass is 426 g/mol. The highest BCUT2D eigenvalue weighted by molar-refractivity contribution is 7.99. The van der Waals surface area contributed by atoms with Crippen molar-refractivity contribution in [2.45, 2.75) is 31.7 Å². The fraction of sp³-hybridized carbons (Fsp3) is 0.318. The number of amides is 1. The quantitative estimate of drug-likeness (QED) is 0.478. The van der Waals surface area contributed by atoms with Crippen molar-refractivity contribution in [2.75, 3.05) is 24.8 Å². The first-order valence-corrected chi connectivity index (χ1v) is 10.7. The number of carbonyl (C=O) groups is 1. The second-order valence-corrected chi connectivity index (χ2v) is 7.54. The Labute approximate surface area is 181 Å². The third-order valence-corrected chi connectivity index (χ3v) is 5.59. The zero-order valence-corrected chi connectivity index (χ0v) is 18.4. The van der Waals surface area contributed by atoms with Gasteiger partial charge in [-0.15, -0.1) is 10.2 Å². The molecule has 1 unspecified atom stereocenters. The van der Waals surface area contributed by atoms with E-state index in [1.807, 2.05) is 73.0 Å². The third kappa shape index (κ3) is 5.13. The van der Waals surface area contributed by atoms with Crippen LogP contribution in [0.25, 0.3) is 0 Å². The molecule has 0 saturated heterocycles. The average molecular weight is 427 g/mol. The second-order valence-electron chi connectivity index (χ2n) is 6.60. The molecule has 1 atom stereocenters. The molecule has 0 N–H and O–H groups in total. The summed E-state index contributed by atoms with van der Waals surface area (Å²) in [7, 11) is 3.41. The Hall–Kier alpha value is -3.00. The molecule has 7 nitrogen and oxygen atoms in total. The van der Waals surface area contributed by atoms with Crippen molar-refractivity contribution in [3.8, 4) is 11.5 Å². The minimum atomic E-state index is -0.289. The minimum absolute atomic E-state index is 0.000865. The standard InChI is InChI=1S/C22H26N4O3S/c1-5-26-21(16(2)29-19-13-11-18(28-4)12-14-19)23-24-22(26)30-15-20(27)25(3)17-9-7-6-8-10-17/h6-14,16H,5,15H2,1-4H3. The molecule has 30 heavy (non-hydrogen) atoms. The van der Waals surface area contributed by atoms with Crippen molar-refractivity contribution in [2.24, 2.45) is 0 Å². The van der Waals surface area contributed by atoms with Crippen LogP contribution in [0.15, 0.2) is 59.8 Å². The van der Waals surface area contributed by atoms with Crippen molar-refractivity contribution in [1.82, 2.24) is 14.8 Å². The van der Waals surface area contributed by atoms with E-state index in [4.69, 9.17) is 9.47 Å². The van der Waals surface area contributed by atoms with Gasteiger partial charge in [0.2, 0.25) is 5.91 Å². The van der Waals surface area contributed by atoms with Crippen LogP contribution in [0.2, 0.25) is 0 Å². The van der Waals surface area contributed by atoms with Gasteiger partial charge >= 0.3 is 0 Å². The molecule has 0 bridgehead atoms. The summed E-state index contributed by atoms with van der Waals surface area (Å²) in [4.78, 5) is 14.2. The van der Waals surface area contributed by atoms with E-state index in [0.29, 0.717) is 11.7 Å². The van der Waals surface area contributed by atoms with E-state index < -0.39 is 0 Å². The topological polar surface area (TPSA) is 69.5 Å². The average Bonchev–Trinajstić information content (AvgIpc) is 3.21. The van der Waals surface area contributed by atoms with Crippen LogP contribution >= 0.6 is 11.8 Å². The Morgan fingerprint density at radius 1 is 1.10 bits per heavy atom. The Bertz CT molecular complexity index is 960. The zero-order chi connectivity index (χ0) is 21.5. The van der Waals surface area contributed by atoms with Crippen LogP contribution in [0.4, 0.5) is 5.69 Å². The lowest BCUT2D eigenvalue weighted by Gasteiger charge is -2.17. The number of carbonyl (C=O) groups excluding carboxylic acids is 1. The van der Waals surface area contributed by atoms with Crippen LogP contribution in [0.1, 0.15) is 25.8 Å². The van der Waals surface area contributed by atoms with Crippen LogP contribution in [-0.4, -0.2) is 40.6 Å². The molecule has 1 amide bonds. The number of ether oxygens (including phenoxy) is 2. The summed E-state index contributed by atoms with van der Waals surface area (Å²) in [6.07, 6.45) is -0.289. The summed E-state index contributed by atoms with van der Waals surface area (Å²) in [5.74, 6) is 2.50. The number of hydrogen-bond acceptors (Lipinski definition) is 6. The van der Waals surface area contributed by atoms with Gasteiger partial charge in [0.25, 0.3) is 0 Å². The van der Waals surface area contributed by atoms with E-state index in [1.54, 1.807) is 19.1 Å². The van der Waals surface area contributed by atoms with Crippen LogP contribution in [0, 0.1) is 0 Å².